The van der Waals surface area contributed by atoms with Gasteiger partial charge < -0.3 is 14.2 Å². The van der Waals surface area contributed by atoms with E-state index in [-0.39, 0.29) is 6.61 Å². The highest BCUT2D eigenvalue weighted by Crippen LogP contribution is 2.33. The lowest BCUT2D eigenvalue weighted by Crippen LogP contribution is -2.06. The second-order valence-corrected chi connectivity index (χ2v) is 5.49. The van der Waals surface area contributed by atoms with Crippen molar-refractivity contribution in [3.63, 3.8) is 0 Å². The van der Waals surface area contributed by atoms with Crippen molar-refractivity contribution in [2.45, 2.75) is 6.61 Å². The third kappa shape index (κ3) is 3.90. The predicted octanol–water partition coefficient (Wildman–Crippen LogP) is 3.87. The van der Waals surface area contributed by atoms with Gasteiger partial charge in [-0.25, -0.2) is 9.78 Å². The van der Waals surface area contributed by atoms with E-state index in [0.29, 0.717) is 22.2 Å². The third-order valence-electron chi connectivity index (χ3n) is 2.87. The zero-order chi connectivity index (χ0) is 16.1. The van der Waals surface area contributed by atoms with E-state index in [1.807, 2.05) is 0 Å². The molecule has 0 aliphatic rings. The number of hydrogen-bond acceptors (Lipinski definition) is 5. The van der Waals surface area contributed by atoms with Gasteiger partial charge in [0.05, 0.1) is 19.8 Å². The lowest BCUT2D eigenvalue weighted by molar-refractivity contribution is 0.0471. The van der Waals surface area contributed by atoms with Gasteiger partial charge in [-0.2, -0.15) is 0 Å². The summed E-state index contributed by atoms with van der Waals surface area (Å²) in [6, 6.07) is 6.59. The summed E-state index contributed by atoms with van der Waals surface area (Å²) in [7, 11) is 3.10. The molecule has 0 spiro atoms. The molecular weight excluding hydrogens is 374 g/mol. The van der Waals surface area contributed by atoms with Crippen LogP contribution in [0.4, 0.5) is 0 Å². The summed E-state index contributed by atoms with van der Waals surface area (Å²) in [6.45, 7) is 0.0857. The Hall–Kier alpha value is -1.79. The van der Waals surface area contributed by atoms with E-state index in [1.54, 1.807) is 32.4 Å². The number of ether oxygens (including phenoxy) is 3. The molecular formula is C15H13BrClNO4. The summed E-state index contributed by atoms with van der Waals surface area (Å²) in [6.07, 6.45) is 1.37. The van der Waals surface area contributed by atoms with Crippen LogP contribution in [0.25, 0.3) is 0 Å². The Bertz CT molecular complexity index is 676. The Morgan fingerprint density at radius 1 is 1.23 bits per heavy atom. The Morgan fingerprint density at radius 3 is 2.50 bits per heavy atom. The van der Waals surface area contributed by atoms with Crippen LogP contribution in [0, 0.1) is 0 Å². The Kier molecular flexibility index (Phi) is 5.63. The van der Waals surface area contributed by atoms with Gasteiger partial charge >= 0.3 is 5.97 Å². The van der Waals surface area contributed by atoms with E-state index in [4.69, 9.17) is 25.8 Å². The number of pyridine rings is 1. The summed E-state index contributed by atoms with van der Waals surface area (Å²) in [5.41, 5.74) is 1.09. The van der Waals surface area contributed by atoms with E-state index < -0.39 is 5.97 Å². The number of halogens is 2. The first-order valence-electron chi connectivity index (χ1n) is 6.24. The zero-order valence-corrected chi connectivity index (χ0v) is 14.3. The largest absolute Gasteiger partial charge is 0.493 e. The minimum atomic E-state index is -0.481. The molecule has 0 bridgehead atoms. The van der Waals surface area contributed by atoms with Gasteiger partial charge in [0.15, 0.2) is 11.5 Å². The fourth-order valence-corrected chi connectivity index (χ4v) is 2.28. The molecule has 1 heterocycles. The molecule has 0 N–H and O–H groups in total. The highest BCUT2D eigenvalue weighted by atomic mass is 79.9. The fourth-order valence-electron chi connectivity index (χ4n) is 1.73. The molecule has 7 heteroatoms. The van der Waals surface area contributed by atoms with Gasteiger partial charge in [-0.3, -0.25) is 0 Å². The van der Waals surface area contributed by atoms with Gasteiger partial charge in [0, 0.05) is 16.2 Å². The molecule has 0 fully saturated rings. The van der Waals surface area contributed by atoms with Crippen LogP contribution in [0.15, 0.2) is 34.9 Å². The van der Waals surface area contributed by atoms with Gasteiger partial charge in [-0.15, -0.1) is 0 Å². The summed E-state index contributed by atoms with van der Waals surface area (Å²) in [5, 5.41) is 0.319. The van der Waals surface area contributed by atoms with E-state index in [2.05, 4.69) is 20.9 Å². The minimum Gasteiger partial charge on any atom is -0.493 e. The van der Waals surface area contributed by atoms with Gasteiger partial charge in [0.25, 0.3) is 0 Å². The molecule has 2 aromatic rings. The van der Waals surface area contributed by atoms with Crippen molar-refractivity contribution in [3.05, 3.63) is 51.2 Å². The highest BCUT2D eigenvalue weighted by molar-refractivity contribution is 9.10. The lowest BCUT2D eigenvalue weighted by Gasteiger charge is -2.12. The molecule has 0 saturated heterocycles. The van der Waals surface area contributed by atoms with E-state index in [9.17, 15) is 4.79 Å². The number of aromatic nitrogens is 1. The molecule has 0 aliphatic carbocycles. The first-order valence-corrected chi connectivity index (χ1v) is 7.41. The van der Waals surface area contributed by atoms with Crippen LogP contribution in [0.1, 0.15) is 15.9 Å². The number of carbonyl (C=O) groups excluding carboxylic acids is 1. The molecule has 0 aliphatic heterocycles. The molecule has 0 saturated carbocycles. The van der Waals surface area contributed by atoms with Crippen LogP contribution in [-0.2, 0) is 11.3 Å². The van der Waals surface area contributed by atoms with Gasteiger partial charge in [0.2, 0.25) is 0 Å². The van der Waals surface area contributed by atoms with Crippen molar-refractivity contribution in [2.75, 3.05) is 14.2 Å². The third-order valence-corrected chi connectivity index (χ3v) is 3.84. The Balaban J connectivity index is 2.11. The van der Waals surface area contributed by atoms with Gasteiger partial charge in [0.1, 0.15) is 11.8 Å². The SMILES string of the molecule is COc1cc(Br)c(COC(=O)c2ccc(Cl)nc2)cc1OC. The predicted molar refractivity (Wildman–Crippen MR) is 85.6 cm³/mol. The first kappa shape index (κ1) is 16.6. The maximum absolute atomic E-state index is 11.9. The first-order chi connectivity index (χ1) is 10.5. The standard InChI is InChI=1S/C15H13BrClNO4/c1-20-12-5-10(11(16)6-13(12)21-2)8-22-15(19)9-3-4-14(17)18-7-9/h3-7H,8H2,1-2H3. The molecule has 0 atom stereocenters. The van der Waals surface area contributed by atoms with Crippen LogP contribution in [0.3, 0.4) is 0 Å². The second-order valence-electron chi connectivity index (χ2n) is 4.24. The van der Waals surface area contributed by atoms with Crippen molar-refractivity contribution < 1.29 is 19.0 Å². The number of methoxy groups -OCH3 is 2. The lowest BCUT2D eigenvalue weighted by atomic mass is 10.2. The number of benzene rings is 1. The Morgan fingerprint density at radius 2 is 1.91 bits per heavy atom. The molecule has 5 nitrogen and oxygen atoms in total. The van der Waals surface area contributed by atoms with Crippen molar-refractivity contribution in [1.82, 2.24) is 4.98 Å². The molecule has 0 unspecified atom stereocenters. The van der Waals surface area contributed by atoms with Crippen LogP contribution >= 0.6 is 27.5 Å². The smallest absolute Gasteiger partial charge is 0.340 e. The van der Waals surface area contributed by atoms with E-state index >= 15 is 0 Å². The van der Waals surface area contributed by atoms with Crippen LogP contribution < -0.4 is 9.47 Å². The van der Waals surface area contributed by atoms with Crippen molar-refractivity contribution in [1.29, 1.82) is 0 Å². The number of esters is 1. The minimum absolute atomic E-state index is 0.0857. The van der Waals surface area contributed by atoms with Gasteiger partial charge in [-0.1, -0.05) is 27.5 Å². The second kappa shape index (κ2) is 7.47. The van der Waals surface area contributed by atoms with Crippen molar-refractivity contribution in [3.8, 4) is 11.5 Å². The topological polar surface area (TPSA) is 57.7 Å². The Labute approximate surface area is 141 Å². The maximum atomic E-state index is 11.9. The number of carbonyl (C=O) groups is 1. The van der Waals surface area contributed by atoms with Crippen LogP contribution in [-0.4, -0.2) is 25.2 Å². The molecule has 22 heavy (non-hydrogen) atoms. The molecule has 2 rings (SSSR count). The monoisotopic (exact) mass is 385 g/mol. The molecule has 1 aromatic heterocycles. The molecule has 0 radical (unpaired) electrons. The average molecular weight is 387 g/mol. The normalized spacial score (nSPS) is 10.2. The highest BCUT2D eigenvalue weighted by Gasteiger charge is 2.13. The molecule has 1 aromatic carbocycles. The number of rotatable bonds is 5. The zero-order valence-electron chi connectivity index (χ0n) is 11.9. The van der Waals surface area contributed by atoms with E-state index in [0.717, 1.165) is 10.0 Å². The van der Waals surface area contributed by atoms with Crippen LogP contribution in [0.2, 0.25) is 5.15 Å². The molecule has 116 valence electrons. The number of hydrogen-bond donors (Lipinski definition) is 0. The van der Waals surface area contributed by atoms with Crippen molar-refractivity contribution >= 4 is 33.5 Å². The summed E-state index contributed by atoms with van der Waals surface area (Å²) in [4.78, 5) is 15.8. The van der Waals surface area contributed by atoms with Crippen LogP contribution in [0.5, 0.6) is 11.5 Å². The average Bonchev–Trinajstić information content (AvgIpc) is 2.53. The summed E-state index contributed by atoms with van der Waals surface area (Å²) >= 11 is 9.09. The maximum Gasteiger partial charge on any atom is 0.340 e. The quantitative estimate of drug-likeness (QED) is 0.577. The van der Waals surface area contributed by atoms with Crippen molar-refractivity contribution in [2.24, 2.45) is 0 Å². The van der Waals surface area contributed by atoms with E-state index in [1.165, 1.54) is 12.3 Å². The molecule has 0 amide bonds. The fraction of sp³-hybridized carbons (Fsp3) is 0.200. The summed E-state index contributed by atoms with van der Waals surface area (Å²) < 4.78 is 16.4. The van der Waals surface area contributed by atoms with Gasteiger partial charge in [-0.05, 0) is 24.3 Å². The number of nitrogens with zero attached hydrogens (tertiary/aromatic N) is 1. The summed E-state index contributed by atoms with van der Waals surface area (Å²) in [5.74, 6) is 0.669.